The average molecular weight is 296 g/mol. The molecule has 1 amide bonds. The molecule has 5 nitrogen and oxygen atoms in total. The number of rotatable bonds is 3. The zero-order valence-corrected chi connectivity index (χ0v) is 12.3. The maximum atomic E-state index is 12.1. The third-order valence-corrected chi connectivity index (χ3v) is 4.77. The van der Waals surface area contributed by atoms with Crippen LogP contribution in [-0.4, -0.2) is 14.3 Å². The fraction of sp³-hybridized carbons (Fsp3) is 0.500. The van der Waals surface area contributed by atoms with Crippen LogP contribution in [0.1, 0.15) is 32.6 Å². The Bertz CT molecular complexity index is 573. The van der Waals surface area contributed by atoms with Crippen LogP contribution in [0, 0.1) is 11.8 Å². The smallest absolute Gasteiger partial charge is 0.238 e. The van der Waals surface area contributed by atoms with Gasteiger partial charge in [0.25, 0.3) is 0 Å². The first-order valence-electron chi connectivity index (χ1n) is 6.80. The number of nitrogens with two attached hydrogens (primary N) is 1. The second kappa shape index (κ2) is 5.93. The highest BCUT2D eigenvalue weighted by Crippen LogP contribution is 2.29. The zero-order valence-electron chi connectivity index (χ0n) is 11.5. The van der Waals surface area contributed by atoms with E-state index in [1.807, 2.05) is 0 Å². The lowest BCUT2D eigenvalue weighted by Gasteiger charge is -2.25. The fourth-order valence-electron chi connectivity index (χ4n) is 2.49. The van der Waals surface area contributed by atoms with Crippen LogP contribution in [0.4, 0.5) is 5.69 Å². The van der Waals surface area contributed by atoms with E-state index in [1.54, 1.807) is 12.1 Å². The molecular formula is C14H20N2O3S. The zero-order chi connectivity index (χ0) is 14.8. The van der Waals surface area contributed by atoms with E-state index in [4.69, 9.17) is 5.14 Å². The van der Waals surface area contributed by atoms with Gasteiger partial charge in [-0.25, -0.2) is 13.6 Å². The normalized spacial score (nSPS) is 23.3. The van der Waals surface area contributed by atoms with Crippen LogP contribution in [-0.2, 0) is 14.8 Å². The largest absolute Gasteiger partial charge is 0.326 e. The van der Waals surface area contributed by atoms with Crippen molar-refractivity contribution in [3.05, 3.63) is 24.3 Å². The van der Waals surface area contributed by atoms with Crippen molar-refractivity contribution in [2.24, 2.45) is 17.0 Å². The van der Waals surface area contributed by atoms with Gasteiger partial charge in [-0.3, -0.25) is 4.79 Å². The molecule has 1 aliphatic rings. The molecule has 3 N–H and O–H groups in total. The third kappa shape index (κ3) is 3.80. The van der Waals surface area contributed by atoms with E-state index < -0.39 is 10.0 Å². The molecule has 1 aliphatic carbocycles. The predicted octanol–water partition coefficient (Wildman–Crippen LogP) is 2.10. The lowest BCUT2D eigenvalue weighted by Crippen LogP contribution is -2.26. The second-order valence-corrected chi connectivity index (χ2v) is 7.08. The Morgan fingerprint density at radius 2 is 1.70 bits per heavy atom. The van der Waals surface area contributed by atoms with Crippen LogP contribution >= 0.6 is 0 Å². The van der Waals surface area contributed by atoms with E-state index in [2.05, 4.69) is 12.2 Å². The summed E-state index contributed by atoms with van der Waals surface area (Å²) in [5.74, 6) is 0.775. The number of amides is 1. The first kappa shape index (κ1) is 15.0. The van der Waals surface area contributed by atoms with Gasteiger partial charge in [-0.2, -0.15) is 0 Å². The van der Waals surface area contributed by atoms with Gasteiger partial charge in [-0.15, -0.1) is 0 Å². The number of anilines is 1. The highest BCUT2D eigenvalue weighted by Gasteiger charge is 2.24. The Morgan fingerprint density at radius 1 is 1.15 bits per heavy atom. The van der Waals surface area contributed by atoms with Gasteiger partial charge in [0, 0.05) is 11.6 Å². The van der Waals surface area contributed by atoms with E-state index in [9.17, 15) is 13.2 Å². The van der Waals surface area contributed by atoms with E-state index >= 15 is 0 Å². The Kier molecular flexibility index (Phi) is 4.45. The molecule has 110 valence electrons. The summed E-state index contributed by atoms with van der Waals surface area (Å²) in [7, 11) is -3.69. The Labute approximate surface area is 119 Å². The molecule has 0 unspecified atom stereocenters. The van der Waals surface area contributed by atoms with Gasteiger partial charge in [0.15, 0.2) is 0 Å². The minimum atomic E-state index is -3.69. The quantitative estimate of drug-likeness (QED) is 0.895. The molecule has 0 spiro atoms. The van der Waals surface area contributed by atoms with Gasteiger partial charge < -0.3 is 5.32 Å². The Morgan fingerprint density at radius 3 is 2.20 bits per heavy atom. The number of benzene rings is 1. The van der Waals surface area contributed by atoms with Crippen molar-refractivity contribution in [1.29, 1.82) is 0 Å². The SMILES string of the molecule is CC1CCC(C(=O)Nc2ccc(S(N)(=O)=O)cc2)CC1. The molecule has 1 saturated carbocycles. The highest BCUT2D eigenvalue weighted by molar-refractivity contribution is 7.89. The summed E-state index contributed by atoms with van der Waals surface area (Å²) in [5, 5.41) is 7.85. The van der Waals surface area contributed by atoms with Gasteiger partial charge >= 0.3 is 0 Å². The van der Waals surface area contributed by atoms with E-state index in [-0.39, 0.29) is 16.7 Å². The first-order chi connectivity index (χ1) is 9.36. The van der Waals surface area contributed by atoms with Crippen molar-refractivity contribution in [2.45, 2.75) is 37.5 Å². The Hall–Kier alpha value is -1.40. The van der Waals surface area contributed by atoms with Crippen molar-refractivity contribution in [1.82, 2.24) is 0 Å². The minimum absolute atomic E-state index is 0.0141. The summed E-state index contributed by atoms with van der Waals surface area (Å²) in [6.45, 7) is 2.21. The van der Waals surface area contributed by atoms with Crippen molar-refractivity contribution in [3.63, 3.8) is 0 Å². The molecule has 0 aliphatic heterocycles. The molecule has 0 heterocycles. The summed E-state index contributed by atoms with van der Waals surface area (Å²) in [5.41, 5.74) is 0.598. The molecule has 1 aromatic rings. The number of carbonyl (C=O) groups excluding carboxylic acids is 1. The second-order valence-electron chi connectivity index (χ2n) is 5.52. The average Bonchev–Trinajstić information content (AvgIpc) is 2.39. The van der Waals surface area contributed by atoms with Crippen molar-refractivity contribution in [2.75, 3.05) is 5.32 Å². The van der Waals surface area contributed by atoms with Crippen LogP contribution in [0.15, 0.2) is 29.2 Å². The van der Waals surface area contributed by atoms with Crippen molar-refractivity contribution in [3.8, 4) is 0 Å². The van der Waals surface area contributed by atoms with E-state index in [0.717, 1.165) is 25.7 Å². The summed E-state index contributed by atoms with van der Waals surface area (Å²) in [4.78, 5) is 12.1. The minimum Gasteiger partial charge on any atom is -0.326 e. The monoisotopic (exact) mass is 296 g/mol. The molecule has 0 saturated heterocycles. The van der Waals surface area contributed by atoms with Crippen LogP contribution < -0.4 is 10.5 Å². The summed E-state index contributed by atoms with van der Waals surface area (Å²) < 4.78 is 22.3. The van der Waals surface area contributed by atoms with Gasteiger partial charge in [0.1, 0.15) is 0 Å². The van der Waals surface area contributed by atoms with Gasteiger partial charge in [-0.05, 0) is 55.9 Å². The van der Waals surface area contributed by atoms with E-state index in [1.165, 1.54) is 12.1 Å². The molecule has 0 radical (unpaired) electrons. The van der Waals surface area contributed by atoms with Crippen LogP contribution in [0.3, 0.4) is 0 Å². The Balaban J connectivity index is 1.98. The van der Waals surface area contributed by atoms with Gasteiger partial charge in [0.05, 0.1) is 4.90 Å². The summed E-state index contributed by atoms with van der Waals surface area (Å²) >= 11 is 0. The maximum absolute atomic E-state index is 12.1. The topological polar surface area (TPSA) is 89.3 Å². The number of hydrogen-bond acceptors (Lipinski definition) is 3. The number of carbonyl (C=O) groups is 1. The molecule has 0 atom stereocenters. The van der Waals surface area contributed by atoms with Crippen molar-refractivity contribution >= 4 is 21.6 Å². The third-order valence-electron chi connectivity index (χ3n) is 3.84. The molecule has 1 fully saturated rings. The number of primary sulfonamides is 1. The van der Waals surface area contributed by atoms with Gasteiger partial charge in [0.2, 0.25) is 15.9 Å². The number of nitrogens with one attached hydrogen (secondary N) is 1. The van der Waals surface area contributed by atoms with Crippen LogP contribution in [0.25, 0.3) is 0 Å². The standard InChI is InChI=1S/C14H20N2O3S/c1-10-2-4-11(5-3-10)14(17)16-12-6-8-13(9-7-12)20(15,18)19/h6-11H,2-5H2,1H3,(H,16,17)(H2,15,18,19). The molecule has 0 aromatic heterocycles. The molecule has 0 bridgehead atoms. The lowest BCUT2D eigenvalue weighted by atomic mass is 9.82. The molecule has 20 heavy (non-hydrogen) atoms. The lowest BCUT2D eigenvalue weighted by molar-refractivity contribution is -0.121. The van der Waals surface area contributed by atoms with Crippen LogP contribution in [0.2, 0.25) is 0 Å². The number of hydrogen-bond donors (Lipinski definition) is 2. The van der Waals surface area contributed by atoms with Crippen LogP contribution in [0.5, 0.6) is 0 Å². The molecular weight excluding hydrogens is 276 g/mol. The van der Waals surface area contributed by atoms with Gasteiger partial charge in [-0.1, -0.05) is 6.92 Å². The predicted molar refractivity (Wildman–Crippen MR) is 77.6 cm³/mol. The highest BCUT2D eigenvalue weighted by atomic mass is 32.2. The fourth-order valence-corrected chi connectivity index (χ4v) is 3.01. The first-order valence-corrected chi connectivity index (χ1v) is 8.34. The molecule has 6 heteroatoms. The van der Waals surface area contributed by atoms with E-state index in [0.29, 0.717) is 11.6 Å². The number of sulfonamides is 1. The van der Waals surface area contributed by atoms with Crippen molar-refractivity contribution < 1.29 is 13.2 Å². The molecule has 2 rings (SSSR count). The molecule has 1 aromatic carbocycles. The maximum Gasteiger partial charge on any atom is 0.238 e. The summed E-state index contributed by atoms with van der Waals surface area (Å²) in [6, 6.07) is 5.91. The summed E-state index contributed by atoms with van der Waals surface area (Å²) in [6.07, 6.45) is 4.01.